The molecule has 0 saturated carbocycles. The van der Waals surface area contributed by atoms with E-state index in [0.29, 0.717) is 39.1 Å². The van der Waals surface area contributed by atoms with Gasteiger partial charge in [0.25, 0.3) is 0 Å². The van der Waals surface area contributed by atoms with Crippen LogP contribution in [0, 0.1) is 0 Å². The van der Waals surface area contributed by atoms with Gasteiger partial charge in [-0.05, 0) is 6.42 Å². The molecule has 134 valence electrons. The summed E-state index contributed by atoms with van der Waals surface area (Å²) in [5.41, 5.74) is 4.39. The molecule has 2 aliphatic rings. The van der Waals surface area contributed by atoms with Crippen molar-refractivity contribution < 1.29 is 19.2 Å². The van der Waals surface area contributed by atoms with Crippen LogP contribution in [0.1, 0.15) is 12.8 Å². The second-order valence-corrected chi connectivity index (χ2v) is 5.47. The van der Waals surface area contributed by atoms with E-state index in [2.05, 4.69) is 26.8 Å². The number of rotatable bonds is 6. The number of urea groups is 3. The molecule has 0 aliphatic carbocycles. The van der Waals surface area contributed by atoms with Crippen molar-refractivity contribution in [3.63, 3.8) is 0 Å². The lowest BCUT2D eigenvalue weighted by atomic mass is 10.4. The number of likely N-dealkylation sites (tertiary alicyclic amines) is 1. The number of hydrogen-bond acceptors (Lipinski definition) is 4. The second kappa shape index (κ2) is 8.79. The van der Waals surface area contributed by atoms with E-state index in [1.54, 1.807) is 9.80 Å². The minimum Gasteiger partial charge on any atom is -0.341 e. The summed E-state index contributed by atoms with van der Waals surface area (Å²) < 4.78 is 0. The lowest BCUT2D eigenvalue weighted by Crippen LogP contribution is -2.52. The van der Waals surface area contributed by atoms with E-state index in [-0.39, 0.29) is 18.5 Å². The largest absolute Gasteiger partial charge is 0.341 e. The molecule has 0 bridgehead atoms. The van der Waals surface area contributed by atoms with E-state index < -0.39 is 12.1 Å². The van der Waals surface area contributed by atoms with E-state index in [0.717, 1.165) is 13.0 Å². The number of carbonyl (C=O) groups is 4. The Hall–Kier alpha value is -2.72. The molecule has 0 aromatic heterocycles. The highest BCUT2D eigenvalue weighted by Crippen LogP contribution is 2.07. The first-order chi connectivity index (χ1) is 11.6. The molecule has 2 saturated heterocycles. The summed E-state index contributed by atoms with van der Waals surface area (Å²) in [4.78, 5) is 48.9. The van der Waals surface area contributed by atoms with E-state index in [9.17, 15) is 19.2 Å². The third kappa shape index (κ3) is 5.48. The molecule has 0 spiro atoms. The maximum Gasteiger partial charge on any atom is 0.333 e. The molecule has 11 nitrogen and oxygen atoms in total. The summed E-state index contributed by atoms with van der Waals surface area (Å²) in [5.74, 6) is 0.0985. The minimum absolute atomic E-state index is 0.0985. The van der Waals surface area contributed by atoms with Crippen LogP contribution >= 0.6 is 0 Å². The van der Waals surface area contributed by atoms with Gasteiger partial charge in [0, 0.05) is 52.2 Å². The molecule has 24 heavy (non-hydrogen) atoms. The van der Waals surface area contributed by atoms with Gasteiger partial charge >= 0.3 is 18.1 Å². The molecule has 5 N–H and O–H groups in total. The average molecular weight is 341 g/mol. The Morgan fingerprint density at radius 3 is 2.08 bits per heavy atom. The molecular formula is C13H23N7O4. The molecule has 2 aliphatic heterocycles. The van der Waals surface area contributed by atoms with Gasteiger partial charge in [0.2, 0.25) is 5.91 Å². The number of hydrogen-bond donors (Lipinski definition) is 5. The van der Waals surface area contributed by atoms with Gasteiger partial charge in [0.1, 0.15) is 0 Å². The van der Waals surface area contributed by atoms with Crippen molar-refractivity contribution in [3.8, 4) is 0 Å². The first-order valence-electron chi connectivity index (χ1n) is 7.94. The van der Waals surface area contributed by atoms with Crippen LogP contribution in [0.2, 0.25) is 0 Å². The van der Waals surface area contributed by atoms with Gasteiger partial charge in [0.05, 0.1) is 0 Å². The van der Waals surface area contributed by atoms with Crippen LogP contribution in [0.15, 0.2) is 0 Å². The maximum absolute atomic E-state index is 11.5. The normalized spacial score (nSPS) is 16.8. The fourth-order valence-electron chi connectivity index (χ4n) is 2.48. The molecule has 0 radical (unpaired) electrons. The molecule has 0 aromatic rings. The predicted octanol–water partition coefficient (Wildman–Crippen LogP) is -1.85. The molecule has 0 atom stereocenters. The Balaban J connectivity index is 1.49. The lowest BCUT2D eigenvalue weighted by Gasteiger charge is -2.16. The average Bonchev–Trinajstić information content (AvgIpc) is 3.14. The smallest absolute Gasteiger partial charge is 0.333 e. The summed E-state index contributed by atoms with van der Waals surface area (Å²) in [6, 6.07) is -1.28. The van der Waals surface area contributed by atoms with Crippen molar-refractivity contribution in [1.82, 2.24) is 36.6 Å². The summed E-state index contributed by atoms with van der Waals surface area (Å²) in [5, 5.41) is 7.73. The van der Waals surface area contributed by atoms with Crippen molar-refractivity contribution in [2.24, 2.45) is 0 Å². The van der Waals surface area contributed by atoms with Gasteiger partial charge in [-0.3, -0.25) is 4.79 Å². The second-order valence-electron chi connectivity index (χ2n) is 5.47. The van der Waals surface area contributed by atoms with Crippen molar-refractivity contribution >= 4 is 24.0 Å². The third-order valence-electron chi connectivity index (χ3n) is 3.74. The topological polar surface area (TPSA) is 135 Å². The zero-order valence-electron chi connectivity index (χ0n) is 13.4. The highest BCUT2D eigenvalue weighted by molar-refractivity contribution is 5.80. The van der Waals surface area contributed by atoms with Crippen molar-refractivity contribution in [1.29, 1.82) is 0 Å². The fourth-order valence-corrected chi connectivity index (χ4v) is 2.48. The van der Waals surface area contributed by atoms with Crippen LogP contribution in [-0.4, -0.2) is 79.6 Å². The zero-order valence-corrected chi connectivity index (χ0v) is 13.4. The minimum atomic E-state index is -0.570. The SMILES string of the molecule is O=C(NCCN1CCCC1=O)NNC(=O)NCCN1CCNC1=O. The molecule has 7 amide bonds. The zero-order chi connectivity index (χ0) is 17.4. The van der Waals surface area contributed by atoms with Crippen LogP contribution in [0.3, 0.4) is 0 Å². The standard InChI is InChI=1S/C13H23N7O4/c21-10-2-1-6-19(10)7-3-14-11(22)17-18-12(23)15-4-8-20-9-5-16-13(20)24/h1-9H2,(H,16,24)(H2,14,17,22)(H2,15,18,23). The van der Waals surface area contributed by atoms with Crippen LogP contribution in [0.4, 0.5) is 14.4 Å². The Bertz CT molecular complexity index is 455. The van der Waals surface area contributed by atoms with Gasteiger partial charge in [-0.1, -0.05) is 0 Å². The Morgan fingerprint density at radius 2 is 1.58 bits per heavy atom. The summed E-state index contributed by atoms with van der Waals surface area (Å²) in [6.45, 7) is 3.38. The molecule has 0 unspecified atom stereocenters. The van der Waals surface area contributed by atoms with Gasteiger partial charge in [-0.15, -0.1) is 0 Å². The van der Waals surface area contributed by atoms with Crippen molar-refractivity contribution in [3.05, 3.63) is 0 Å². The van der Waals surface area contributed by atoms with Crippen LogP contribution in [0.25, 0.3) is 0 Å². The number of amides is 7. The molecule has 0 aromatic carbocycles. The first kappa shape index (κ1) is 17.6. The van der Waals surface area contributed by atoms with Gasteiger partial charge in [0.15, 0.2) is 0 Å². The summed E-state index contributed by atoms with van der Waals surface area (Å²) in [7, 11) is 0. The van der Waals surface area contributed by atoms with Crippen LogP contribution in [-0.2, 0) is 4.79 Å². The summed E-state index contributed by atoms with van der Waals surface area (Å²) in [6.07, 6.45) is 1.42. The number of nitrogens with one attached hydrogen (secondary N) is 5. The van der Waals surface area contributed by atoms with E-state index in [1.807, 2.05) is 0 Å². The van der Waals surface area contributed by atoms with Crippen LogP contribution < -0.4 is 26.8 Å². The quantitative estimate of drug-likeness (QED) is 0.362. The van der Waals surface area contributed by atoms with Gasteiger partial charge < -0.3 is 25.8 Å². The van der Waals surface area contributed by atoms with Crippen molar-refractivity contribution in [2.45, 2.75) is 12.8 Å². The molecule has 2 rings (SSSR count). The molecule has 2 fully saturated rings. The number of carbonyl (C=O) groups excluding carboxylic acids is 4. The number of hydrazine groups is 1. The fraction of sp³-hybridized carbons (Fsp3) is 0.692. The molecule has 2 heterocycles. The highest BCUT2D eigenvalue weighted by Gasteiger charge is 2.20. The van der Waals surface area contributed by atoms with Crippen molar-refractivity contribution in [2.75, 3.05) is 45.8 Å². The molecule has 11 heteroatoms. The van der Waals surface area contributed by atoms with Crippen LogP contribution in [0.5, 0.6) is 0 Å². The Kier molecular flexibility index (Phi) is 6.46. The predicted molar refractivity (Wildman–Crippen MR) is 83.9 cm³/mol. The number of nitrogens with zero attached hydrogens (tertiary/aromatic N) is 2. The monoisotopic (exact) mass is 341 g/mol. The van der Waals surface area contributed by atoms with E-state index >= 15 is 0 Å². The van der Waals surface area contributed by atoms with Gasteiger partial charge in [-0.2, -0.15) is 0 Å². The van der Waals surface area contributed by atoms with Gasteiger partial charge in [-0.25, -0.2) is 25.2 Å². The Labute approximate surface area is 139 Å². The maximum atomic E-state index is 11.5. The first-order valence-corrected chi connectivity index (χ1v) is 7.94. The Morgan fingerprint density at radius 1 is 0.958 bits per heavy atom. The highest BCUT2D eigenvalue weighted by atomic mass is 16.2. The van der Waals surface area contributed by atoms with E-state index in [1.165, 1.54) is 0 Å². The third-order valence-corrected chi connectivity index (χ3v) is 3.74. The lowest BCUT2D eigenvalue weighted by molar-refractivity contribution is -0.127. The molecular weight excluding hydrogens is 318 g/mol. The summed E-state index contributed by atoms with van der Waals surface area (Å²) >= 11 is 0. The van der Waals surface area contributed by atoms with E-state index in [4.69, 9.17) is 0 Å².